The Morgan fingerprint density at radius 1 is 1.10 bits per heavy atom. The summed E-state index contributed by atoms with van der Waals surface area (Å²) >= 11 is 1.28. The zero-order valence-corrected chi connectivity index (χ0v) is 11.9. The van der Waals surface area contributed by atoms with E-state index in [4.69, 9.17) is 9.15 Å². The fourth-order valence-corrected chi connectivity index (χ4v) is 3.32. The van der Waals surface area contributed by atoms with Crippen molar-refractivity contribution < 1.29 is 24.5 Å². The Hall–Kier alpha value is -1.47. The summed E-state index contributed by atoms with van der Waals surface area (Å²) < 4.78 is 10.8. The van der Waals surface area contributed by atoms with Crippen LogP contribution in [-0.4, -0.2) is 44.8 Å². The van der Waals surface area contributed by atoms with Crippen LogP contribution >= 0.6 is 11.8 Å². The molecule has 2 heterocycles. The van der Waals surface area contributed by atoms with Gasteiger partial charge in [0.25, 0.3) is 0 Å². The average Bonchev–Trinajstić information content (AvgIpc) is 3.03. The molecule has 1 fully saturated rings. The molecule has 4 atom stereocenters. The van der Waals surface area contributed by atoms with Gasteiger partial charge in [-0.15, -0.1) is 11.8 Å². The highest BCUT2D eigenvalue weighted by atomic mass is 32.2. The van der Waals surface area contributed by atoms with Gasteiger partial charge in [0, 0.05) is 11.3 Å². The van der Waals surface area contributed by atoms with Gasteiger partial charge in [-0.05, 0) is 23.8 Å². The summed E-state index contributed by atoms with van der Waals surface area (Å²) in [7, 11) is 0. The van der Waals surface area contributed by atoms with Crippen LogP contribution in [0.25, 0.3) is 11.1 Å². The zero-order valence-electron chi connectivity index (χ0n) is 11.1. The second-order valence-electron chi connectivity index (χ2n) is 4.91. The van der Waals surface area contributed by atoms with Crippen molar-refractivity contribution in [3.8, 4) is 16.9 Å². The van der Waals surface area contributed by atoms with Gasteiger partial charge in [0.2, 0.25) is 0 Å². The predicted molar refractivity (Wildman–Crippen MR) is 79.0 cm³/mol. The summed E-state index contributed by atoms with van der Waals surface area (Å²) in [5.74, 6) is 0.915. The predicted octanol–water partition coefficient (Wildman–Crippen LogP) is 1.48. The maximum atomic E-state index is 9.95. The quantitative estimate of drug-likeness (QED) is 0.797. The lowest BCUT2D eigenvalue weighted by Gasteiger charge is -2.34. The van der Waals surface area contributed by atoms with Crippen LogP contribution in [-0.2, 0) is 0 Å². The minimum atomic E-state index is -1.19. The molecule has 0 saturated carbocycles. The highest BCUT2D eigenvalue weighted by molar-refractivity contribution is 7.99. The topological polar surface area (TPSA) is 83.1 Å². The summed E-state index contributed by atoms with van der Waals surface area (Å²) in [5, 5.41) is 29.1. The summed E-state index contributed by atoms with van der Waals surface area (Å²) in [5.41, 5.74) is 1.27. The molecule has 1 aliphatic rings. The Bertz CT molecular complexity index is 586. The number of benzene rings is 1. The van der Waals surface area contributed by atoms with Crippen LogP contribution in [0.3, 0.4) is 0 Å². The molecule has 112 valence electrons. The van der Waals surface area contributed by atoms with Crippen molar-refractivity contribution in [2.45, 2.75) is 23.7 Å². The molecular formula is C15H16O5S. The Morgan fingerprint density at radius 3 is 2.71 bits per heavy atom. The highest BCUT2D eigenvalue weighted by Crippen LogP contribution is 2.31. The van der Waals surface area contributed by atoms with Crippen molar-refractivity contribution >= 4 is 11.8 Å². The molecule has 1 aromatic heterocycles. The first-order valence-corrected chi connectivity index (χ1v) is 7.65. The number of hydrogen-bond acceptors (Lipinski definition) is 6. The van der Waals surface area contributed by atoms with Crippen molar-refractivity contribution in [3.63, 3.8) is 0 Å². The van der Waals surface area contributed by atoms with E-state index < -0.39 is 23.7 Å². The molecule has 6 heteroatoms. The van der Waals surface area contributed by atoms with E-state index in [1.165, 1.54) is 11.8 Å². The van der Waals surface area contributed by atoms with Crippen LogP contribution in [0.4, 0.5) is 0 Å². The second kappa shape index (κ2) is 6.11. The lowest BCUT2D eigenvalue weighted by Crippen LogP contribution is -2.50. The van der Waals surface area contributed by atoms with E-state index in [1.54, 1.807) is 18.6 Å². The lowest BCUT2D eigenvalue weighted by atomic mass is 10.1. The van der Waals surface area contributed by atoms with Crippen LogP contribution in [0.5, 0.6) is 5.75 Å². The molecule has 0 unspecified atom stereocenters. The van der Waals surface area contributed by atoms with Crippen LogP contribution in [0, 0.1) is 0 Å². The lowest BCUT2D eigenvalue weighted by molar-refractivity contribution is -0.0786. The van der Waals surface area contributed by atoms with Crippen LogP contribution in [0.2, 0.25) is 0 Å². The fraction of sp³-hybridized carbons (Fsp3) is 0.333. The molecule has 0 bridgehead atoms. The highest BCUT2D eigenvalue weighted by Gasteiger charge is 2.38. The first kappa shape index (κ1) is 14.5. The van der Waals surface area contributed by atoms with Crippen LogP contribution < -0.4 is 4.74 Å². The monoisotopic (exact) mass is 308 g/mol. The Balaban J connectivity index is 1.75. The second-order valence-corrected chi connectivity index (χ2v) is 6.04. The molecule has 0 spiro atoms. The summed E-state index contributed by atoms with van der Waals surface area (Å²) in [6.45, 7) is 0. The largest absolute Gasteiger partial charge is 0.477 e. The van der Waals surface area contributed by atoms with E-state index in [9.17, 15) is 15.3 Å². The van der Waals surface area contributed by atoms with Gasteiger partial charge in [0.05, 0.1) is 18.6 Å². The Morgan fingerprint density at radius 2 is 1.95 bits per heavy atom. The first-order valence-electron chi connectivity index (χ1n) is 6.60. The van der Waals surface area contributed by atoms with E-state index in [0.717, 1.165) is 11.1 Å². The summed E-state index contributed by atoms with van der Waals surface area (Å²) in [6.07, 6.45) is -0.00289. The molecule has 0 radical (unpaired) electrons. The number of rotatable bonds is 3. The van der Waals surface area contributed by atoms with Crippen LogP contribution in [0.1, 0.15) is 0 Å². The standard InChI is InChI=1S/C15H16O5S/c16-12-8-21-15(14(18)13(12)17)20-11-3-1-2-9(6-11)10-4-5-19-7-10/h1-7,12-18H,8H2/t12-,13+,14-,15+/m1/s1. The molecule has 1 saturated heterocycles. The van der Waals surface area contributed by atoms with Gasteiger partial charge in [0.15, 0.2) is 5.44 Å². The maximum absolute atomic E-state index is 9.95. The molecule has 0 amide bonds. The van der Waals surface area contributed by atoms with E-state index in [2.05, 4.69) is 0 Å². The number of thioether (sulfide) groups is 1. The zero-order chi connectivity index (χ0) is 14.8. The molecule has 21 heavy (non-hydrogen) atoms. The Labute approximate surface area is 126 Å². The number of aliphatic hydroxyl groups is 3. The molecular weight excluding hydrogens is 292 g/mol. The van der Waals surface area contributed by atoms with Gasteiger partial charge < -0.3 is 24.5 Å². The number of furan rings is 1. The molecule has 2 aromatic rings. The van der Waals surface area contributed by atoms with Crippen molar-refractivity contribution in [1.29, 1.82) is 0 Å². The van der Waals surface area contributed by atoms with E-state index in [-0.39, 0.29) is 0 Å². The van der Waals surface area contributed by atoms with Gasteiger partial charge in [-0.25, -0.2) is 0 Å². The number of ether oxygens (including phenoxy) is 1. The molecule has 1 aromatic carbocycles. The van der Waals surface area contributed by atoms with Gasteiger partial charge >= 0.3 is 0 Å². The average molecular weight is 308 g/mol. The van der Waals surface area contributed by atoms with Gasteiger partial charge in [-0.2, -0.15) is 0 Å². The number of hydrogen-bond donors (Lipinski definition) is 3. The van der Waals surface area contributed by atoms with E-state index >= 15 is 0 Å². The molecule has 3 rings (SSSR count). The normalized spacial score (nSPS) is 29.3. The van der Waals surface area contributed by atoms with Crippen molar-refractivity contribution in [2.75, 3.05) is 5.75 Å². The third-order valence-electron chi connectivity index (χ3n) is 3.40. The summed E-state index contributed by atoms with van der Waals surface area (Å²) in [6, 6.07) is 9.26. The van der Waals surface area contributed by atoms with Gasteiger partial charge in [0.1, 0.15) is 18.0 Å². The maximum Gasteiger partial charge on any atom is 0.173 e. The smallest absolute Gasteiger partial charge is 0.173 e. The van der Waals surface area contributed by atoms with Crippen molar-refractivity contribution in [1.82, 2.24) is 0 Å². The minimum absolute atomic E-state index is 0.324. The third kappa shape index (κ3) is 3.08. The molecule has 0 aliphatic carbocycles. The SMILES string of the molecule is O[C@@H]1[C@@H](O)[C@@H](Oc2cccc(-c3ccoc3)c2)SC[C@H]1O. The fourth-order valence-electron chi connectivity index (χ4n) is 2.19. The molecule has 5 nitrogen and oxygen atoms in total. The molecule has 1 aliphatic heterocycles. The van der Waals surface area contributed by atoms with Crippen LogP contribution in [0.15, 0.2) is 47.3 Å². The van der Waals surface area contributed by atoms with E-state index in [0.29, 0.717) is 11.5 Å². The van der Waals surface area contributed by atoms with Gasteiger partial charge in [-0.1, -0.05) is 12.1 Å². The summed E-state index contributed by atoms with van der Waals surface area (Å²) in [4.78, 5) is 0. The first-order chi connectivity index (χ1) is 10.1. The number of aliphatic hydroxyl groups excluding tert-OH is 3. The van der Waals surface area contributed by atoms with E-state index in [1.807, 2.05) is 24.3 Å². The van der Waals surface area contributed by atoms with Gasteiger partial charge in [-0.3, -0.25) is 0 Å². The van der Waals surface area contributed by atoms with Crippen molar-refractivity contribution in [3.05, 3.63) is 42.9 Å². The molecule has 3 N–H and O–H groups in total. The minimum Gasteiger partial charge on any atom is -0.477 e. The van der Waals surface area contributed by atoms with Crippen molar-refractivity contribution in [2.24, 2.45) is 0 Å². The third-order valence-corrected chi connectivity index (χ3v) is 4.63. The Kier molecular flexibility index (Phi) is 4.21.